The highest BCUT2D eigenvalue weighted by molar-refractivity contribution is 5.85. The van der Waals surface area contributed by atoms with E-state index in [0.717, 1.165) is 45.0 Å². The SMILES string of the molecule is Cc1ccc2c(c1)C(c1cc3ccccc3[nH]1)(c1cc3ccccc3[nH]1)c1cc(C)ccc1O2. The fourth-order valence-electron chi connectivity index (χ4n) is 5.59. The van der Waals surface area contributed by atoms with Gasteiger partial charge in [-0.3, -0.25) is 0 Å². The normalized spacial score (nSPS) is 14.1. The number of aromatic amines is 2. The molecule has 0 atom stereocenters. The van der Waals surface area contributed by atoms with Crippen LogP contribution in [0.3, 0.4) is 0 Å². The zero-order valence-electron chi connectivity index (χ0n) is 19.1. The standard InChI is InChI=1S/C31H24N2O/c1-19-11-13-27-23(15-19)31(24-16-20(2)12-14-28(24)34-27,29-17-21-7-3-5-9-25(21)32-29)30-18-22-8-4-6-10-26(22)33-30/h3-18,32-33H,1-2H3. The van der Waals surface area contributed by atoms with Crippen molar-refractivity contribution in [3.63, 3.8) is 0 Å². The minimum absolute atomic E-state index is 0.584. The van der Waals surface area contributed by atoms with Gasteiger partial charge in [-0.15, -0.1) is 0 Å². The smallest absolute Gasteiger partial charge is 0.132 e. The predicted octanol–water partition coefficient (Wildman–Crippen LogP) is 7.75. The summed E-state index contributed by atoms with van der Waals surface area (Å²) in [5.41, 5.74) is 8.62. The molecule has 3 heteroatoms. The molecule has 4 aromatic carbocycles. The van der Waals surface area contributed by atoms with Crippen molar-refractivity contribution in [2.45, 2.75) is 19.3 Å². The Kier molecular flexibility index (Phi) is 3.89. The molecule has 3 heterocycles. The van der Waals surface area contributed by atoms with Crippen LogP contribution < -0.4 is 4.74 Å². The van der Waals surface area contributed by atoms with Gasteiger partial charge in [-0.05, 0) is 61.0 Å². The number of ether oxygens (including phenoxy) is 1. The second-order valence-corrected chi connectivity index (χ2v) is 9.39. The number of benzene rings is 4. The average molecular weight is 441 g/mol. The quantitative estimate of drug-likeness (QED) is 0.283. The van der Waals surface area contributed by atoms with Crippen molar-refractivity contribution < 1.29 is 4.74 Å². The van der Waals surface area contributed by atoms with Gasteiger partial charge in [0, 0.05) is 33.5 Å². The Morgan fingerprint density at radius 1 is 0.559 bits per heavy atom. The molecule has 3 nitrogen and oxygen atoms in total. The van der Waals surface area contributed by atoms with Gasteiger partial charge >= 0.3 is 0 Å². The molecule has 1 aliphatic heterocycles. The Bertz CT molecular complexity index is 1530. The monoisotopic (exact) mass is 440 g/mol. The van der Waals surface area contributed by atoms with Crippen LogP contribution in [0.25, 0.3) is 21.8 Å². The Morgan fingerprint density at radius 3 is 1.50 bits per heavy atom. The highest BCUT2D eigenvalue weighted by atomic mass is 16.5. The number of H-pyrrole nitrogens is 2. The molecule has 0 saturated heterocycles. The van der Waals surface area contributed by atoms with Crippen LogP contribution in [0.5, 0.6) is 11.5 Å². The fourth-order valence-corrected chi connectivity index (χ4v) is 5.59. The summed E-state index contributed by atoms with van der Waals surface area (Å²) < 4.78 is 6.51. The summed E-state index contributed by atoms with van der Waals surface area (Å²) in [6, 6.07) is 34.6. The van der Waals surface area contributed by atoms with E-state index in [4.69, 9.17) is 4.74 Å². The van der Waals surface area contributed by atoms with E-state index < -0.39 is 5.41 Å². The lowest BCUT2D eigenvalue weighted by molar-refractivity contribution is 0.430. The van der Waals surface area contributed by atoms with Gasteiger partial charge in [0.25, 0.3) is 0 Å². The van der Waals surface area contributed by atoms with Crippen molar-refractivity contribution in [2.75, 3.05) is 0 Å². The van der Waals surface area contributed by atoms with Gasteiger partial charge in [-0.25, -0.2) is 0 Å². The summed E-state index contributed by atoms with van der Waals surface area (Å²) in [4.78, 5) is 7.59. The summed E-state index contributed by atoms with van der Waals surface area (Å²) in [7, 11) is 0. The van der Waals surface area contributed by atoms with Gasteiger partial charge in [-0.1, -0.05) is 71.8 Å². The van der Waals surface area contributed by atoms with Crippen molar-refractivity contribution >= 4 is 21.8 Å². The Morgan fingerprint density at radius 2 is 1.03 bits per heavy atom. The largest absolute Gasteiger partial charge is 0.457 e. The van der Waals surface area contributed by atoms with E-state index in [1.807, 2.05) is 0 Å². The Hall–Kier alpha value is -4.24. The van der Waals surface area contributed by atoms with E-state index in [1.54, 1.807) is 0 Å². The predicted molar refractivity (Wildman–Crippen MR) is 138 cm³/mol. The van der Waals surface area contributed by atoms with Gasteiger partial charge < -0.3 is 14.7 Å². The van der Waals surface area contributed by atoms with E-state index in [0.29, 0.717) is 0 Å². The fraction of sp³-hybridized carbons (Fsp3) is 0.0968. The van der Waals surface area contributed by atoms with E-state index in [-0.39, 0.29) is 0 Å². The number of aromatic nitrogens is 2. The molecule has 1 aliphatic rings. The molecule has 0 unspecified atom stereocenters. The highest BCUT2D eigenvalue weighted by Gasteiger charge is 2.47. The molecule has 7 rings (SSSR count). The number of para-hydroxylation sites is 2. The van der Waals surface area contributed by atoms with Crippen LogP contribution in [0.2, 0.25) is 0 Å². The third kappa shape index (κ3) is 2.58. The molecule has 0 amide bonds. The molecule has 2 N–H and O–H groups in total. The Labute approximate surface area is 198 Å². The van der Waals surface area contributed by atoms with Crippen LogP contribution in [0.1, 0.15) is 33.6 Å². The maximum absolute atomic E-state index is 6.51. The van der Waals surface area contributed by atoms with Gasteiger partial charge in [-0.2, -0.15) is 0 Å². The molecule has 6 aromatic rings. The molecule has 0 spiro atoms. The summed E-state index contributed by atoms with van der Waals surface area (Å²) >= 11 is 0. The summed E-state index contributed by atoms with van der Waals surface area (Å²) in [6.45, 7) is 4.29. The van der Waals surface area contributed by atoms with Crippen LogP contribution in [0.15, 0.2) is 97.1 Å². The molecule has 0 bridgehead atoms. The van der Waals surface area contributed by atoms with Crippen molar-refractivity contribution in [2.24, 2.45) is 0 Å². The molecular weight excluding hydrogens is 416 g/mol. The van der Waals surface area contributed by atoms with E-state index in [2.05, 4.69) is 121 Å². The van der Waals surface area contributed by atoms with E-state index in [9.17, 15) is 0 Å². The number of fused-ring (bicyclic) bond motifs is 4. The average Bonchev–Trinajstić information content (AvgIpc) is 3.47. The number of nitrogens with one attached hydrogen (secondary N) is 2. The molecule has 0 saturated carbocycles. The number of hydrogen-bond donors (Lipinski definition) is 2. The van der Waals surface area contributed by atoms with Crippen LogP contribution in [0, 0.1) is 13.8 Å². The first kappa shape index (κ1) is 19.2. The molecule has 34 heavy (non-hydrogen) atoms. The maximum Gasteiger partial charge on any atom is 0.132 e. The van der Waals surface area contributed by atoms with Crippen molar-refractivity contribution in [3.8, 4) is 11.5 Å². The summed E-state index contributed by atoms with van der Waals surface area (Å²) in [6.07, 6.45) is 0. The minimum Gasteiger partial charge on any atom is -0.457 e. The third-order valence-electron chi connectivity index (χ3n) is 7.17. The number of hydrogen-bond acceptors (Lipinski definition) is 1. The molecule has 0 radical (unpaired) electrons. The Balaban J connectivity index is 1.69. The number of rotatable bonds is 2. The summed E-state index contributed by atoms with van der Waals surface area (Å²) in [5.74, 6) is 1.78. The third-order valence-corrected chi connectivity index (χ3v) is 7.17. The lowest BCUT2D eigenvalue weighted by Crippen LogP contribution is -2.35. The topological polar surface area (TPSA) is 40.8 Å². The van der Waals surface area contributed by atoms with E-state index in [1.165, 1.54) is 21.9 Å². The first-order valence-electron chi connectivity index (χ1n) is 11.7. The van der Waals surface area contributed by atoms with Crippen LogP contribution in [-0.2, 0) is 5.41 Å². The lowest BCUT2D eigenvalue weighted by atomic mass is 9.67. The van der Waals surface area contributed by atoms with Crippen molar-refractivity contribution in [3.05, 3.63) is 131 Å². The van der Waals surface area contributed by atoms with Crippen molar-refractivity contribution in [1.29, 1.82) is 0 Å². The molecular formula is C31H24N2O. The molecule has 164 valence electrons. The second kappa shape index (κ2) is 6.88. The molecule has 0 fully saturated rings. The highest BCUT2D eigenvalue weighted by Crippen LogP contribution is 2.55. The first-order chi connectivity index (χ1) is 16.6. The maximum atomic E-state index is 6.51. The van der Waals surface area contributed by atoms with Crippen LogP contribution >= 0.6 is 0 Å². The number of aryl methyl sites for hydroxylation is 2. The molecule has 2 aromatic heterocycles. The van der Waals surface area contributed by atoms with Gasteiger partial charge in [0.2, 0.25) is 0 Å². The zero-order chi connectivity index (χ0) is 22.9. The van der Waals surface area contributed by atoms with Crippen LogP contribution in [-0.4, -0.2) is 9.97 Å². The van der Waals surface area contributed by atoms with Gasteiger partial charge in [0.15, 0.2) is 0 Å². The van der Waals surface area contributed by atoms with Gasteiger partial charge in [0.05, 0.1) is 0 Å². The second-order valence-electron chi connectivity index (χ2n) is 9.39. The summed E-state index contributed by atoms with van der Waals surface area (Å²) in [5, 5.41) is 2.39. The lowest BCUT2D eigenvalue weighted by Gasteiger charge is -2.40. The molecule has 0 aliphatic carbocycles. The van der Waals surface area contributed by atoms with Crippen molar-refractivity contribution in [1.82, 2.24) is 9.97 Å². The van der Waals surface area contributed by atoms with E-state index >= 15 is 0 Å². The van der Waals surface area contributed by atoms with Gasteiger partial charge in [0.1, 0.15) is 16.9 Å². The first-order valence-corrected chi connectivity index (χ1v) is 11.7. The van der Waals surface area contributed by atoms with Crippen LogP contribution in [0.4, 0.5) is 0 Å². The zero-order valence-corrected chi connectivity index (χ0v) is 19.1. The minimum atomic E-state index is -0.584.